The number of nitrogens with zero attached hydrogens (tertiary/aromatic N) is 6. The van der Waals surface area contributed by atoms with Crippen molar-refractivity contribution >= 4 is 33.6 Å². The summed E-state index contributed by atoms with van der Waals surface area (Å²) in [7, 11) is 4.28. The molecule has 5 rings (SSSR count). The quantitative estimate of drug-likeness (QED) is 0.442. The summed E-state index contributed by atoms with van der Waals surface area (Å²) in [5.41, 5.74) is 2.65. The smallest absolute Gasteiger partial charge is 0.228 e. The van der Waals surface area contributed by atoms with Crippen LogP contribution in [0.25, 0.3) is 21.8 Å². The molecule has 0 radical (unpaired) electrons. The van der Waals surface area contributed by atoms with Gasteiger partial charge in [-0.3, -0.25) is 4.98 Å². The van der Waals surface area contributed by atoms with Gasteiger partial charge in [-0.1, -0.05) is 18.2 Å². The second-order valence-corrected chi connectivity index (χ2v) is 9.66. The van der Waals surface area contributed by atoms with Gasteiger partial charge in [0.2, 0.25) is 11.8 Å². The van der Waals surface area contributed by atoms with Crippen molar-refractivity contribution in [3.63, 3.8) is 0 Å². The van der Waals surface area contributed by atoms with Crippen molar-refractivity contribution in [1.82, 2.24) is 24.4 Å². The van der Waals surface area contributed by atoms with Gasteiger partial charge in [-0.05, 0) is 58.5 Å². The molecule has 0 atom stereocenters. The van der Waals surface area contributed by atoms with Crippen LogP contribution in [0.5, 0.6) is 5.88 Å². The average molecular weight is 460 g/mol. The lowest BCUT2D eigenvalue weighted by Gasteiger charge is -2.35. The molecule has 178 valence electrons. The summed E-state index contributed by atoms with van der Waals surface area (Å²) in [5, 5.41) is 16.4. The molecule has 4 heterocycles. The number of hydrogen-bond donors (Lipinski definition) is 2. The minimum Gasteiger partial charge on any atom is -0.493 e. The highest BCUT2D eigenvalue weighted by molar-refractivity contribution is 5.94. The highest BCUT2D eigenvalue weighted by atomic mass is 16.3. The van der Waals surface area contributed by atoms with Gasteiger partial charge in [0.1, 0.15) is 11.3 Å². The Morgan fingerprint density at radius 3 is 2.65 bits per heavy atom. The summed E-state index contributed by atoms with van der Waals surface area (Å²) < 4.78 is 1.85. The maximum Gasteiger partial charge on any atom is 0.228 e. The molecule has 0 spiro atoms. The number of piperidine rings is 1. The molecule has 34 heavy (non-hydrogen) atoms. The van der Waals surface area contributed by atoms with Crippen LogP contribution in [-0.4, -0.2) is 62.8 Å². The number of benzene rings is 1. The maximum atomic E-state index is 10.9. The van der Waals surface area contributed by atoms with Crippen LogP contribution in [-0.2, 0) is 6.54 Å². The van der Waals surface area contributed by atoms with Crippen LogP contribution in [0.15, 0.2) is 42.7 Å². The van der Waals surface area contributed by atoms with E-state index in [0.29, 0.717) is 24.1 Å². The lowest BCUT2D eigenvalue weighted by molar-refractivity contribution is 0.249. The average Bonchev–Trinajstić information content (AvgIpc) is 3.19. The first-order chi connectivity index (χ1) is 16.4. The van der Waals surface area contributed by atoms with E-state index in [1.165, 1.54) is 0 Å². The van der Waals surface area contributed by atoms with Crippen molar-refractivity contribution in [2.24, 2.45) is 0 Å². The standard InChI is InChI=1S/C26H33N7O/c1-17(2)33-16-21-23(25(33)34)29-26(32-11-9-20(10-12-32)31(3)4)30-24(21)28-15-18-13-19-7-5-6-8-22(19)27-14-18/h5-8,13-14,16-17,20,34H,9-12,15H2,1-4H3,(H,28,29,30). The van der Waals surface area contributed by atoms with Crippen molar-refractivity contribution in [1.29, 1.82) is 0 Å². The first-order valence-corrected chi connectivity index (χ1v) is 12.0. The zero-order valence-electron chi connectivity index (χ0n) is 20.4. The van der Waals surface area contributed by atoms with E-state index >= 15 is 0 Å². The first kappa shape index (κ1) is 22.4. The normalized spacial score (nSPS) is 15.2. The number of aromatic hydroxyl groups is 1. The van der Waals surface area contributed by atoms with Crippen LogP contribution < -0.4 is 10.2 Å². The fourth-order valence-corrected chi connectivity index (χ4v) is 4.72. The lowest BCUT2D eigenvalue weighted by Crippen LogP contribution is -2.42. The van der Waals surface area contributed by atoms with Crippen molar-refractivity contribution in [3.05, 3.63) is 48.3 Å². The largest absolute Gasteiger partial charge is 0.493 e. The van der Waals surface area contributed by atoms with Crippen LogP contribution in [0.4, 0.5) is 11.8 Å². The van der Waals surface area contributed by atoms with Crippen molar-refractivity contribution in [2.75, 3.05) is 37.4 Å². The number of para-hydroxylation sites is 1. The fraction of sp³-hybridized carbons (Fsp3) is 0.423. The van der Waals surface area contributed by atoms with Crippen molar-refractivity contribution in [3.8, 4) is 5.88 Å². The Kier molecular flexibility index (Phi) is 6.00. The van der Waals surface area contributed by atoms with Crippen LogP contribution >= 0.6 is 0 Å². The van der Waals surface area contributed by atoms with Gasteiger partial charge in [0.05, 0.1) is 10.9 Å². The van der Waals surface area contributed by atoms with Gasteiger partial charge in [0.15, 0.2) is 0 Å². The van der Waals surface area contributed by atoms with E-state index in [1.54, 1.807) is 0 Å². The number of nitrogens with one attached hydrogen (secondary N) is 1. The Balaban J connectivity index is 1.47. The topological polar surface area (TPSA) is 82.3 Å². The molecule has 2 N–H and O–H groups in total. The Hall–Kier alpha value is -3.39. The van der Waals surface area contributed by atoms with E-state index in [2.05, 4.69) is 46.3 Å². The number of aromatic nitrogens is 4. The lowest BCUT2D eigenvalue weighted by atomic mass is 10.0. The first-order valence-electron chi connectivity index (χ1n) is 12.0. The molecule has 0 bridgehead atoms. The molecule has 1 aliphatic rings. The third-order valence-corrected chi connectivity index (χ3v) is 6.80. The Morgan fingerprint density at radius 2 is 1.91 bits per heavy atom. The summed E-state index contributed by atoms with van der Waals surface area (Å²) >= 11 is 0. The molecule has 3 aromatic heterocycles. The molecule has 0 saturated carbocycles. The molecule has 1 saturated heterocycles. The monoisotopic (exact) mass is 459 g/mol. The van der Waals surface area contributed by atoms with Crippen molar-refractivity contribution in [2.45, 2.75) is 45.3 Å². The summed E-state index contributed by atoms with van der Waals surface area (Å²) in [4.78, 5) is 18.8. The summed E-state index contributed by atoms with van der Waals surface area (Å²) in [6.07, 6.45) is 5.98. The molecule has 0 unspecified atom stereocenters. The number of pyridine rings is 1. The molecule has 8 heteroatoms. The molecular formula is C26H33N7O. The van der Waals surface area contributed by atoms with Crippen LogP contribution in [0.2, 0.25) is 0 Å². The van der Waals surface area contributed by atoms with Crippen LogP contribution in [0.3, 0.4) is 0 Å². The summed E-state index contributed by atoms with van der Waals surface area (Å²) in [6, 6.07) is 11.0. The van der Waals surface area contributed by atoms with Gasteiger partial charge in [-0.15, -0.1) is 0 Å². The molecule has 4 aromatic rings. The number of rotatable bonds is 6. The Bertz CT molecular complexity index is 1310. The van der Waals surface area contributed by atoms with E-state index in [0.717, 1.165) is 53.6 Å². The number of anilines is 2. The molecular weight excluding hydrogens is 426 g/mol. The van der Waals surface area contributed by atoms with Crippen LogP contribution in [0.1, 0.15) is 38.3 Å². The third-order valence-electron chi connectivity index (χ3n) is 6.80. The Morgan fingerprint density at radius 1 is 1.15 bits per heavy atom. The minimum atomic E-state index is 0.117. The van der Waals surface area contributed by atoms with Gasteiger partial charge in [0, 0.05) is 49.5 Å². The van der Waals surface area contributed by atoms with Crippen LogP contribution in [0, 0.1) is 0 Å². The maximum absolute atomic E-state index is 10.9. The molecule has 0 amide bonds. The van der Waals surface area contributed by atoms with Crippen molar-refractivity contribution < 1.29 is 5.11 Å². The van der Waals surface area contributed by atoms with E-state index in [9.17, 15) is 5.11 Å². The van der Waals surface area contributed by atoms with E-state index in [1.807, 2.05) is 49.0 Å². The van der Waals surface area contributed by atoms with Gasteiger partial charge < -0.3 is 24.8 Å². The van der Waals surface area contributed by atoms with Gasteiger partial charge in [-0.25, -0.2) is 4.98 Å². The zero-order chi connectivity index (χ0) is 23.8. The molecule has 1 aromatic carbocycles. The minimum absolute atomic E-state index is 0.117. The SMILES string of the molecule is CC(C)n1cc2c(NCc3cnc4ccccc4c3)nc(N3CCC(N(C)C)CC3)nc2c1O. The molecule has 1 fully saturated rings. The predicted molar refractivity (Wildman–Crippen MR) is 138 cm³/mol. The summed E-state index contributed by atoms with van der Waals surface area (Å²) in [5.74, 6) is 1.59. The second-order valence-electron chi connectivity index (χ2n) is 9.66. The number of hydrogen-bond acceptors (Lipinski definition) is 7. The van der Waals surface area contributed by atoms with E-state index in [4.69, 9.17) is 9.97 Å². The molecule has 0 aliphatic carbocycles. The van der Waals surface area contributed by atoms with E-state index < -0.39 is 0 Å². The van der Waals surface area contributed by atoms with Gasteiger partial charge in [-0.2, -0.15) is 4.98 Å². The third kappa shape index (κ3) is 4.25. The van der Waals surface area contributed by atoms with Gasteiger partial charge >= 0.3 is 0 Å². The zero-order valence-corrected chi connectivity index (χ0v) is 20.4. The summed E-state index contributed by atoms with van der Waals surface area (Å²) in [6.45, 7) is 6.47. The van der Waals surface area contributed by atoms with E-state index in [-0.39, 0.29) is 11.9 Å². The van der Waals surface area contributed by atoms with Gasteiger partial charge in [0.25, 0.3) is 0 Å². The highest BCUT2D eigenvalue weighted by Gasteiger charge is 2.25. The number of fused-ring (bicyclic) bond motifs is 2. The fourth-order valence-electron chi connectivity index (χ4n) is 4.72. The highest BCUT2D eigenvalue weighted by Crippen LogP contribution is 2.34. The predicted octanol–water partition coefficient (Wildman–Crippen LogP) is 4.41. The second kappa shape index (κ2) is 9.10. The molecule has 1 aliphatic heterocycles. The molecule has 8 nitrogen and oxygen atoms in total. The Labute approximate surface area is 200 Å².